The number of nitrogen functional groups attached to an aromatic ring is 1. The highest BCUT2D eigenvalue weighted by molar-refractivity contribution is 6.06. The fourth-order valence-electron chi connectivity index (χ4n) is 2.65. The standard InChI is InChI=1S/C15H20N2O4/c1-20-14(18)11-8-10(16)9-12(15(19)21-2)13(11)17-6-4-3-5-7-17/h8-9H,3-7,16H2,1-2H3. The lowest BCUT2D eigenvalue weighted by molar-refractivity contribution is 0.0600. The highest BCUT2D eigenvalue weighted by atomic mass is 16.5. The molecule has 2 rings (SSSR count). The molecule has 114 valence electrons. The molecule has 0 amide bonds. The monoisotopic (exact) mass is 292 g/mol. The van der Waals surface area contributed by atoms with Crippen LogP contribution in [0.5, 0.6) is 0 Å². The van der Waals surface area contributed by atoms with Crippen molar-refractivity contribution in [2.24, 2.45) is 0 Å². The van der Waals surface area contributed by atoms with Crippen molar-refractivity contribution < 1.29 is 19.1 Å². The van der Waals surface area contributed by atoms with Crippen LogP contribution in [0.1, 0.15) is 40.0 Å². The average Bonchev–Trinajstić information content (AvgIpc) is 2.53. The molecule has 1 aliphatic heterocycles. The minimum absolute atomic E-state index is 0.305. The Morgan fingerprint density at radius 1 is 1.00 bits per heavy atom. The first-order valence-corrected chi connectivity index (χ1v) is 6.93. The van der Waals surface area contributed by atoms with Crippen molar-refractivity contribution in [2.75, 3.05) is 37.9 Å². The summed E-state index contributed by atoms with van der Waals surface area (Å²) in [5.74, 6) is -1.01. The van der Waals surface area contributed by atoms with Crippen LogP contribution in [-0.2, 0) is 9.47 Å². The predicted molar refractivity (Wildman–Crippen MR) is 79.6 cm³/mol. The van der Waals surface area contributed by atoms with E-state index in [4.69, 9.17) is 15.2 Å². The number of rotatable bonds is 3. The number of nitrogens with zero attached hydrogens (tertiary/aromatic N) is 1. The second-order valence-electron chi connectivity index (χ2n) is 5.00. The molecule has 0 spiro atoms. The number of methoxy groups -OCH3 is 2. The van der Waals surface area contributed by atoms with Crippen molar-refractivity contribution in [3.05, 3.63) is 23.3 Å². The van der Waals surface area contributed by atoms with E-state index < -0.39 is 11.9 Å². The van der Waals surface area contributed by atoms with Crippen LogP contribution < -0.4 is 10.6 Å². The number of ether oxygens (including phenoxy) is 2. The third-order valence-electron chi connectivity index (χ3n) is 3.62. The molecular formula is C15H20N2O4. The summed E-state index contributed by atoms with van der Waals surface area (Å²) < 4.78 is 9.64. The van der Waals surface area contributed by atoms with Crippen LogP contribution in [0.2, 0.25) is 0 Å². The Morgan fingerprint density at radius 2 is 1.48 bits per heavy atom. The number of benzene rings is 1. The van der Waals surface area contributed by atoms with Gasteiger partial charge in [-0.1, -0.05) is 0 Å². The van der Waals surface area contributed by atoms with Gasteiger partial charge in [0.2, 0.25) is 0 Å². The van der Waals surface area contributed by atoms with Crippen LogP contribution in [0.15, 0.2) is 12.1 Å². The topological polar surface area (TPSA) is 81.9 Å². The summed E-state index contributed by atoms with van der Waals surface area (Å²) >= 11 is 0. The molecule has 1 heterocycles. The lowest BCUT2D eigenvalue weighted by Gasteiger charge is -2.31. The van der Waals surface area contributed by atoms with E-state index in [1.807, 2.05) is 4.90 Å². The van der Waals surface area contributed by atoms with Gasteiger partial charge in [0, 0.05) is 18.8 Å². The van der Waals surface area contributed by atoms with Crippen molar-refractivity contribution in [1.82, 2.24) is 0 Å². The lowest BCUT2D eigenvalue weighted by Crippen LogP contribution is -2.32. The normalized spacial score (nSPS) is 14.7. The third-order valence-corrected chi connectivity index (χ3v) is 3.62. The molecule has 0 aliphatic carbocycles. The average molecular weight is 292 g/mol. The van der Waals surface area contributed by atoms with Crippen molar-refractivity contribution in [2.45, 2.75) is 19.3 Å². The van der Waals surface area contributed by atoms with Crippen molar-refractivity contribution >= 4 is 23.3 Å². The molecule has 0 saturated carbocycles. The van der Waals surface area contributed by atoms with Gasteiger partial charge in [0.15, 0.2) is 0 Å². The van der Waals surface area contributed by atoms with E-state index >= 15 is 0 Å². The second kappa shape index (κ2) is 6.47. The van der Waals surface area contributed by atoms with Crippen molar-refractivity contribution in [3.63, 3.8) is 0 Å². The number of anilines is 2. The summed E-state index contributed by atoms with van der Waals surface area (Å²) in [5.41, 5.74) is 7.31. The molecule has 21 heavy (non-hydrogen) atoms. The summed E-state index contributed by atoms with van der Waals surface area (Å²) in [6, 6.07) is 3.09. The Kier molecular flexibility index (Phi) is 4.67. The van der Waals surface area contributed by atoms with E-state index in [1.54, 1.807) is 12.1 Å². The molecule has 2 N–H and O–H groups in total. The van der Waals surface area contributed by atoms with E-state index in [9.17, 15) is 9.59 Å². The molecule has 0 unspecified atom stereocenters. The van der Waals surface area contributed by atoms with E-state index in [0.717, 1.165) is 32.4 Å². The first-order chi connectivity index (χ1) is 10.1. The Balaban J connectivity index is 2.59. The largest absolute Gasteiger partial charge is 0.465 e. The molecule has 6 heteroatoms. The first-order valence-electron chi connectivity index (χ1n) is 6.93. The summed E-state index contributed by atoms with van der Waals surface area (Å²) in [6.45, 7) is 1.58. The van der Waals surface area contributed by atoms with E-state index in [1.165, 1.54) is 14.2 Å². The molecule has 0 atom stereocenters. The number of piperidine rings is 1. The first kappa shape index (κ1) is 15.2. The fraction of sp³-hybridized carbons (Fsp3) is 0.467. The smallest absolute Gasteiger partial charge is 0.340 e. The molecule has 6 nitrogen and oxygen atoms in total. The zero-order valence-corrected chi connectivity index (χ0v) is 12.3. The van der Waals surface area contributed by atoms with E-state index in [-0.39, 0.29) is 0 Å². The van der Waals surface area contributed by atoms with Gasteiger partial charge in [-0.25, -0.2) is 9.59 Å². The van der Waals surface area contributed by atoms with Crippen LogP contribution in [-0.4, -0.2) is 39.2 Å². The molecule has 0 radical (unpaired) electrons. The third kappa shape index (κ3) is 3.09. The van der Waals surface area contributed by atoms with Gasteiger partial charge in [0.1, 0.15) is 0 Å². The van der Waals surface area contributed by atoms with Gasteiger partial charge in [-0.05, 0) is 31.4 Å². The Hall–Kier alpha value is -2.24. The number of nitrogens with two attached hydrogens (primary N) is 1. The van der Waals surface area contributed by atoms with Gasteiger partial charge in [-0.3, -0.25) is 0 Å². The molecule has 1 saturated heterocycles. The summed E-state index contributed by atoms with van der Waals surface area (Å²) in [7, 11) is 2.62. The molecule has 1 fully saturated rings. The number of hydrogen-bond acceptors (Lipinski definition) is 6. The highest BCUT2D eigenvalue weighted by Gasteiger charge is 2.26. The molecule has 1 aliphatic rings. The maximum Gasteiger partial charge on any atom is 0.340 e. The van der Waals surface area contributed by atoms with Gasteiger partial charge in [0.05, 0.1) is 31.0 Å². The minimum Gasteiger partial charge on any atom is -0.465 e. The van der Waals surface area contributed by atoms with Crippen LogP contribution in [0.25, 0.3) is 0 Å². The lowest BCUT2D eigenvalue weighted by atomic mass is 10.0. The Labute approximate surface area is 123 Å². The maximum atomic E-state index is 12.0. The number of esters is 2. The van der Waals surface area contributed by atoms with Gasteiger partial charge >= 0.3 is 11.9 Å². The van der Waals surface area contributed by atoms with Crippen molar-refractivity contribution in [1.29, 1.82) is 0 Å². The predicted octanol–water partition coefficient (Wildman–Crippen LogP) is 1.83. The zero-order valence-electron chi connectivity index (χ0n) is 12.3. The van der Waals surface area contributed by atoms with E-state index in [2.05, 4.69) is 0 Å². The van der Waals surface area contributed by atoms with Gasteiger partial charge in [-0.2, -0.15) is 0 Å². The molecule has 1 aromatic rings. The van der Waals surface area contributed by atoms with Gasteiger partial charge < -0.3 is 20.1 Å². The SMILES string of the molecule is COC(=O)c1cc(N)cc(C(=O)OC)c1N1CCCCC1. The minimum atomic E-state index is -0.506. The maximum absolute atomic E-state index is 12.0. The summed E-state index contributed by atoms with van der Waals surface area (Å²) in [5, 5.41) is 0. The Bertz CT molecular complexity index is 514. The molecule has 0 aromatic heterocycles. The van der Waals surface area contributed by atoms with Crippen LogP contribution in [0.3, 0.4) is 0 Å². The molecule has 1 aromatic carbocycles. The molecular weight excluding hydrogens is 272 g/mol. The number of hydrogen-bond donors (Lipinski definition) is 1. The number of carbonyl (C=O) groups is 2. The second-order valence-corrected chi connectivity index (χ2v) is 5.00. The van der Waals surface area contributed by atoms with Crippen LogP contribution >= 0.6 is 0 Å². The van der Waals surface area contributed by atoms with Crippen molar-refractivity contribution in [3.8, 4) is 0 Å². The summed E-state index contributed by atoms with van der Waals surface area (Å²) in [4.78, 5) is 26.1. The van der Waals surface area contributed by atoms with E-state index in [0.29, 0.717) is 22.5 Å². The highest BCUT2D eigenvalue weighted by Crippen LogP contribution is 2.32. The molecule has 0 bridgehead atoms. The summed E-state index contributed by atoms with van der Waals surface area (Å²) in [6.07, 6.45) is 3.18. The van der Waals surface area contributed by atoms with Gasteiger partial charge in [-0.15, -0.1) is 0 Å². The van der Waals surface area contributed by atoms with Crippen LogP contribution in [0, 0.1) is 0 Å². The number of carbonyl (C=O) groups excluding carboxylic acids is 2. The fourth-order valence-corrected chi connectivity index (χ4v) is 2.65. The van der Waals surface area contributed by atoms with Crippen LogP contribution in [0.4, 0.5) is 11.4 Å². The zero-order chi connectivity index (χ0) is 15.4. The van der Waals surface area contributed by atoms with Gasteiger partial charge in [0.25, 0.3) is 0 Å². The Morgan fingerprint density at radius 3 is 1.90 bits per heavy atom. The quantitative estimate of drug-likeness (QED) is 0.676.